The Labute approximate surface area is 121 Å². The predicted octanol–water partition coefficient (Wildman–Crippen LogP) is 2.36. The van der Waals surface area contributed by atoms with Gasteiger partial charge >= 0.3 is 0 Å². The van der Waals surface area contributed by atoms with Crippen LogP contribution in [0.1, 0.15) is 37.7 Å². The molecule has 1 aromatic carbocycles. The molecule has 1 saturated carbocycles. The van der Waals surface area contributed by atoms with E-state index in [-0.39, 0.29) is 11.8 Å². The number of benzene rings is 1. The van der Waals surface area contributed by atoms with E-state index in [4.69, 9.17) is 5.73 Å². The Balaban J connectivity index is 1.78. The van der Waals surface area contributed by atoms with Crippen molar-refractivity contribution in [3.8, 4) is 0 Å². The van der Waals surface area contributed by atoms with E-state index in [0.29, 0.717) is 18.2 Å². The van der Waals surface area contributed by atoms with Crippen LogP contribution in [0.4, 0.5) is 5.69 Å². The van der Waals surface area contributed by atoms with Crippen LogP contribution in [0.2, 0.25) is 0 Å². The van der Waals surface area contributed by atoms with Crippen LogP contribution in [0.15, 0.2) is 24.3 Å². The quantitative estimate of drug-likeness (QED) is 0.870. The number of hydrogen-bond acceptors (Lipinski definition) is 3. The second-order valence-corrected chi connectivity index (χ2v) is 7.93. The number of nitrogens with zero attached hydrogens (tertiary/aromatic N) is 1. The number of piperidine rings is 1. The Morgan fingerprint density at radius 3 is 2.55 bits per heavy atom. The van der Waals surface area contributed by atoms with Crippen LogP contribution in [0.5, 0.6) is 0 Å². The second kappa shape index (κ2) is 5.37. The standard InChI is InChI=1S/C15H22N2O2S/c16-14-8-6-12(7-9-14)11-20(18,19)17-10-2-4-13-3-1-5-15(13)17/h6-9,13,15H,1-5,10-11,16H2. The lowest BCUT2D eigenvalue weighted by atomic mass is 9.94. The first-order valence-electron chi connectivity index (χ1n) is 7.40. The van der Waals surface area contributed by atoms with E-state index in [2.05, 4.69) is 0 Å². The summed E-state index contributed by atoms with van der Waals surface area (Å²) in [5, 5.41) is 0. The van der Waals surface area contributed by atoms with Gasteiger partial charge in [0.1, 0.15) is 0 Å². The van der Waals surface area contributed by atoms with Gasteiger partial charge in [-0.25, -0.2) is 8.42 Å². The fourth-order valence-electron chi connectivity index (χ4n) is 3.66. The van der Waals surface area contributed by atoms with Gasteiger partial charge in [0.05, 0.1) is 5.75 Å². The topological polar surface area (TPSA) is 63.4 Å². The SMILES string of the molecule is Nc1ccc(CS(=O)(=O)N2CCCC3CCCC32)cc1. The lowest BCUT2D eigenvalue weighted by Gasteiger charge is -2.36. The molecule has 5 heteroatoms. The highest BCUT2D eigenvalue weighted by Crippen LogP contribution is 2.38. The van der Waals surface area contributed by atoms with Gasteiger partial charge in [-0.05, 0) is 49.3 Å². The molecule has 2 atom stereocenters. The highest BCUT2D eigenvalue weighted by molar-refractivity contribution is 7.88. The van der Waals surface area contributed by atoms with Gasteiger partial charge in [0.25, 0.3) is 0 Å². The van der Waals surface area contributed by atoms with E-state index in [1.54, 1.807) is 16.4 Å². The largest absolute Gasteiger partial charge is 0.399 e. The molecule has 2 fully saturated rings. The van der Waals surface area contributed by atoms with Crippen LogP contribution < -0.4 is 5.73 Å². The van der Waals surface area contributed by atoms with Crippen molar-refractivity contribution in [2.45, 2.75) is 43.9 Å². The van der Waals surface area contributed by atoms with Crippen molar-refractivity contribution in [1.82, 2.24) is 4.31 Å². The summed E-state index contributed by atoms with van der Waals surface area (Å²) < 4.78 is 27.1. The number of hydrogen-bond donors (Lipinski definition) is 1. The molecule has 3 rings (SSSR count). The Morgan fingerprint density at radius 1 is 1.10 bits per heavy atom. The molecule has 1 saturated heterocycles. The van der Waals surface area contributed by atoms with Gasteiger partial charge in [-0.1, -0.05) is 18.6 Å². The summed E-state index contributed by atoms with van der Waals surface area (Å²) >= 11 is 0. The molecule has 4 nitrogen and oxygen atoms in total. The summed E-state index contributed by atoms with van der Waals surface area (Å²) in [6.45, 7) is 0.693. The first-order valence-corrected chi connectivity index (χ1v) is 9.01. The molecule has 0 aromatic heterocycles. The fourth-order valence-corrected chi connectivity index (χ4v) is 5.54. The molecular formula is C15H22N2O2S. The fraction of sp³-hybridized carbons (Fsp3) is 0.600. The highest BCUT2D eigenvalue weighted by atomic mass is 32.2. The van der Waals surface area contributed by atoms with Gasteiger partial charge in [-0.2, -0.15) is 4.31 Å². The van der Waals surface area contributed by atoms with Gasteiger partial charge < -0.3 is 5.73 Å². The molecular weight excluding hydrogens is 272 g/mol. The van der Waals surface area contributed by atoms with E-state index in [1.807, 2.05) is 12.1 Å². The zero-order valence-electron chi connectivity index (χ0n) is 11.7. The van der Waals surface area contributed by atoms with Gasteiger partial charge in [-0.3, -0.25) is 0 Å². The minimum atomic E-state index is -3.21. The molecule has 110 valence electrons. The lowest BCUT2D eigenvalue weighted by molar-refractivity contribution is 0.202. The normalized spacial score (nSPS) is 27.4. The number of nitrogens with two attached hydrogens (primary N) is 1. The van der Waals surface area contributed by atoms with Crippen LogP contribution in [0.3, 0.4) is 0 Å². The molecule has 0 amide bonds. The molecule has 2 N–H and O–H groups in total. The summed E-state index contributed by atoms with van der Waals surface area (Å²) in [5.41, 5.74) is 7.13. The maximum Gasteiger partial charge on any atom is 0.218 e. The Hall–Kier alpha value is -1.07. The summed E-state index contributed by atoms with van der Waals surface area (Å²) in [6.07, 6.45) is 5.59. The van der Waals surface area contributed by atoms with Crippen molar-refractivity contribution in [1.29, 1.82) is 0 Å². The minimum Gasteiger partial charge on any atom is -0.399 e. The van der Waals surface area contributed by atoms with Gasteiger partial charge in [-0.15, -0.1) is 0 Å². The number of anilines is 1. The monoisotopic (exact) mass is 294 g/mol. The Morgan fingerprint density at radius 2 is 1.80 bits per heavy atom. The van der Waals surface area contributed by atoms with Crippen molar-refractivity contribution in [2.24, 2.45) is 5.92 Å². The van der Waals surface area contributed by atoms with Crippen molar-refractivity contribution < 1.29 is 8.42 Å². The Bertz CT molecular complexity index is 568. The molecule has 2 aliphatic rings. The molecule has 0 bridgehead atoms. The van der Waals surface area contributed by atoms with Crippen LogP contribution in [0.25, 0.3) is 0 Å². The van der Waals surface area contributed by atoms with Crippen molar-refractivity contribution in [3.63, 3.8) is 0 Å². The van der Waals surface area contributed by atoms with Gasteiger partial charge in [0.15, 0.2) is 0 Å². The van der Waals surface area contributed by atoms with E-state index in [9.17, 15) is 8.42 Å². The molecule has 0 radical (unpaired) electrons. The molecule has 1 aliphatic heterocycles. The maximum absolute atomic E-state index is 12.7. The smallest absolute Gasteiger partial charge is 0.218 e. The first-order chi connectivity index (χ1) is 9.56. The van der Waals surface area contributed by atoms with Crippen molar-refractivity contribution >= 4 is 15.7 Å². The average Bonchev–Trinajstić information content (AvgIpc) is 2.89. The van der Waals surface area contributed by atoms with Crippen molar-refractivity contribution in [3.05, 3.63) is 29.8 Å². The molecule has 1 aliphatic carbocycles. The van der Waals surface area contributed by atoms with E-state index >= 15 is 0 Å². The molecule has 1 aromatic rings. The number of sulfonamides is 1. The number of fused-ring (bicyclic) bond motifs is 1. The second-order valence-electron chi connectivity index (χ2n) is 6.01. The summed E-state index contributed by atoms with van der Waals surface area (Å²) in [7, 11) is -3.21. The van der Waals surface area contributed by atoms with Crippen LogP contribution >= 0.6 is 0 Å². The minimum absolute atomic E-state index is 0.0938. The van der Waals surface area contributed by atoms with Gasteiger partial charge in [0.2, 0.25) is 10.0 Å². The van der Waals surface area contributed by atoms with E-state index < -0.39 is 10.0 Å². The zero-order valence-corrected chi connectivity index (χ0v) is 12.5. The van der Waals surface area contributed by atoms with Crippen LogP contribution in [-0.4, -0.2) is 25.3 Å². The summed E-state index contributed by atoms with van der Waals surface area (Å²) in [5.74, 6) is 0.682. The zero-order chi connectivity index (χ0) is 14.2. The summed E-state index contributed by atoms with van der Waals surface area (Å²) in [6, 6.07) is 7.40. The molecule has 0 spiro atoms. The summed E-state index contributed by atoms with van der Waals surface area (Å²) in [4.78, 5) is 0. The first kappa shape index (κ1) is 13.9. The van der Waals surface area contributed by atoms with Crippen LogP contribution in [0, 0.1) is 5.92 Å². The van der Waals surface area contributed by atoms with Crippen molar-refractivity contribution in [2.75, 3.05) is 12.3 Å². The Kier molecular flexibility index (Phi) is 3.73. The number of rotatable bonds is 3. The third-order valence-electron chi connectivity index (χ3n) is 4.63. The molecule has 1 heterocycles. The maximum atomic E-state index is 12.7. The van der Waals surface area contributed by atoms with E-state index in [0.717, 1.165) is 18.4 Å². The molecule has 2 unspecified atom stereocenters. The van der Waals surface area contributed by atoms with Crippen LogP contribution in [-0.2, 0) is 15.8 Å². The third-order valence-corrected chi connectivity index (χ3v) is 6.49. The lowest BCUT2D eigenvalue weighted by Crippen LogP contribution is -2.46. The average molecular weight is 294 g/mol. The molecule has 20 heavy (non-hydrogen) atoms. The highest BCUT2D eigenvalue weighted by Gasteiger charge is 2.40. The third kappa shape index (κ3) is 2.69. The predicted molar refractivity (Wildman–Crippen MR) is 80.5 cm³/mol. The van der Waals surface area contributed by atoms with E-state index in [1.165, 1.54) is 19.3 Å². The van der Waals surface area contributed by atoms with Gasteiger partial charge in [0, 0.05) is 18.3 Å². The number of nitrogen functional groups attached to an aromatic ring is 1.